The smallest absolute Gasteiger partial charge is 0.263 e. The highest BCUT2D eigenvalue weighted by Crippen LogP contribution is 2.30. The van der Waals surface area contributed by atoms with Gasteiger partial charge in [0.1, 0.15) is 17.3 Å². The lowest BCUT2D eigenvalue weighted by Crippen LogP contribution is -2.09. The summed E-state index contributed by atoms with van der Waals surface area (Å²) in [5.74, 6) is 1.77. The second-order valence-corrected chi connectivity index (χ2v) is 5.32. The van der Waals surface area contributed by atoms with Crippen molar-refractivity contribution < 1.29 is 8.78 Å². The molecule has 0 saturated heterocycles. The fraction of sp³-hybridized carbons (Fsp3) is 0.400. The van der Waals surface area contributed by atoms with Gasteiger partial charge in [-0.2, -0.15) is 0 Å². The molecule has 0 amide bonds. The average molecular weight is 279 g/mol. The van der Waals surface area contributed by atoms with Crippen LogP contribution in [0.15, 0.2) is 24.3 Å². The number of halogens is 2. The number of hydrogen-bond donors (Lipinski definition) is 1. The quantitative estimate of drug-likeness (QED) is 0.918. The van der Waals surface area contributed by atoms with Crippen molar-refractivity contribution in [2.45, 2.75) is 33.7 Å². The van der Waals surface area contributed by atoms with Gasteiger partial charge in [-0.3, -0.25) is 0 Å². The van der Waals surface area contributed by atoms with E-state index in [4.69, 9.17) is 5.73 Å². The van der Waals surface area contributed by atoms with Crippen LogP contribution in [-0.4, -0.2) is 9.55 Å². The Morgan fingerprint density at radius 3 is 2.60 bits per heavy atom. The Balaban J connectivity index is 2.46. The molecule has 108 valence electrons. The number of hydrogen-bond acceptors (Lipinski definition) is 2. The van der Waals surface area contributed by atoms with Crippen molar-refractivity contribution in [3.8, 4) is 11.3 Å². The van der Waals surface area contributed by atoms with Crippen molar-refractivity contribution in [1.29, 1.82) is 0 Å². The first kappa shape index (κ1) is 14.5. The molecule has 20 heavy (non-hydrogen) atoms. The van der Waals surface area contributed by atoms with Crippen molar-refractivity contribution in [3.63, 3.8) is 0 Å². The van der Waals surface area contributed by atoms with Crippen LogP contribution in [0.1, 0.15) is 31.7 Å². The third-order valence-corrected chi connectivity index (χ3v) is 3.16. The third-order valence-electron chi connectivity index (χ3n) is 3.16. The number of nitrogens with zero attached hydrogens (tertiary/aromatic N) is 2. The molecule has 0 aliphatic heterocycles. The fourth-order valence-corrected chi connectivity index (χ4v) is 2.21. The Kier molecular flexibility index (Phi) is 4.06. The summed E-state index contributed by atoms with van der Waals surface area (Å²) in [6.45, 7) is 6.82. The molecule has 0 aliphatic rings. The first-order chi connectivity index (χ1) is 9.40. The van der Waals surface area contributed by atoms with E-state index in [0.29, 0.717) is 23.0 Å². The predicted octanol–water partition coefficient (Wildman–Crippen LogP) is 4.03. The highest BCUT2D eigenvalue weighted by Gasteiger charge is 2.16. The van der Waals surface area contributed by atoms with Crippen LogP contribution in [0.25, 0.3) is 11.3 Å². The first-order valence-corrected chi connectivity index (χ1v) is 6.61. The van der Waals surface area contributed by atoms with Crippen LogP contribution >= 0.6 is 0 Å². The summed E-state index contributed by atoms with van der Waals surface area (Å²) >= 11 is 0. The van der Waals surface area contributed by atoms with Gasteiger partial charge in [0.05, 0.1) is 0 Å². The van der Waals surface area contributed by atoms with Gasteiger partial charge in [0.25, 0.3) is 6.43 Å². The molecule has 0 radical (unpaired) electrons. The minimum Gasteiger partial charge on any atom is -0.383 e. The Morgan fingerprint density at radius 2 is 2.00 bits per heavy atom. The number of aryl methyl sites for hydroxylation is 1. The number of rotatable bonds is 4. The predicted molar refractivity (Wildman–Crippen MR) is 76.6 cm³/mol. The van der Waals surface area contributed by atoms with E-state index < -0.39 is 6.43 Å². The molecule has 2 aromatic rings. The summed E-state index contributed by atoms with van der Waals surface area (Å²) in [6.07, 6.45) is -2.49. The van der Waals surface area contributed by atoms with Crippen molar-refractivity contribution in [3.05, 3.63) is 35.7 Å². The van der Waals surface area contributed by atoms with Crippen LogP contribution in [0, 0.1) is 12.8 Å². The van der Waals surface area contributed by atoms with Gasteiger partial charge < -0.3 is 10.3 Å². The van der Waals surface area contributed by atoms with Gasteiger partial charge >= 0.3 is 0 Å². The molecule has 0 bridgehead atoms. The number of nitrogens with two attached hydrogens (primary N) is 1. The molecule has 0 aliphatic carbocycles. The maximum atomic E-state index is 12.8. The Morgan fingerprint density at radius 1 is 1.30 bits per heavy atom. The molecule has 0 atom stereocenters. The van der Waals surface area contributed by atoms with Gasteiger partial charge in [0, 0.05) is 17.7 Å². The molecule has 1 heterocycles. The van der Waals surface area contributed by atoms with Crippen molar-refractivity contribution in [1.82, 2.24) is 9.55 Å². The molecule has 5 heteroatoms. The van der Waals surface area contributed by atoms with Crippen LogP contribution in [0.5, 0.6) is 0 Å². The van der Waals surface area contributed by atoms with Crippen molar-refractivity contribution in [2.24, 2.45) is 5.92 Å². The average Bonchev–Trinajstić information content (AvgIpc) is 2.66. The molecule has 2 rings (SSSR count). The van der Waals surface area contributed by atoms with Crippen molar-refractivity contribution >= 4 is 5.82 Å². The Bertz CT molecular complexity index is 603. The van der Waals surface area contributed by atoms with Crippen LogP contribution in [0.3, 0.4) is 0 Å². The summed E-state index contributed by atoms with van der Waals surface area (Å²) in [6, 6.07) is 6.21. The van der Waals surface area contributed by atoms with Crippen molar-refractivity contribution in [2.75, 3.05) is 5.73 Å². The summed E-state index contributed by atoms with van der Waals surface area (Å²) in [4.78, 5) is 4.43. The van der Waals surface area contributed by atoms with Gasteiger partial charge in [-0.1, -0.05) is 32.0 Å². The van der Waals surface area contributed by atoms with E-state index >= 15 is 0 Å². The summed E-state index contributed by atoms with van der Waals surface area (Å²) < 4.78 is 27.5. The van der Waals surface area contributed by atoms with Crippen LogP contribution in [0.2, 0.25) is 0 Å². The molecule has 2 N–H and O–H groups in total. The van der Waals surface area contributed by atoms with Crippen LogP contribution in [0.4, 0.5) is 14.6 Å². The van der Waals surface area contributed by atoms with Crippen LogP contribution < -0.4 is 5.73 Å². The number of imidazole rings is 1. The van der Waals surface area contributed by atoms with E-state index in [9.17, 15) is 8.78 Å². The highest BCUT2D eigenvalue weighted by molar-refractivity contribution is 5.71. The molecule has 0 fully saturated rings. The molecule has 0 unspecified atom stereocenters. The minimum atomic E-state index is -2.49. The molecule has 3 nitrogen and oxygen atoms in total. The molecular weight excluding hydrogens is 260 g/mol. The van der Waals surface area contributed by atoms with Gasteiger partial charge in [0.15, 0.2) is 0 Å². The van der Waals surface area contributed by atoms with E-state index in [-0.39, 0.29) is 5.56 Å². The lowest BCUT2D eigenvalue weighted by atomic mass is 10.1. The van der Waals surface area contributed by atoms with E-state index in [1.54, 1.807) is 12.1 Å². The zero-order chi connectivity index (χ0) is 14.9. The number of benzene rings is 1. The monoisotopic (exact) mass is 279 g/mol. The second-order valence-electron chi connectivity index (χ2n) is 5.32. The topological polar surface area (TPSA) is 43.8 Å². The summed E-state index contributed by atoms with van der Waals surface area (Å²) in [5.41, 5.74) is 7.31. The molecule has 1 aromatic carbocycles. The van der Waals surface area contributed by atoms with Gasteiger partial charge in [-0.05, 0) is 18.9 Å². The summed E-state index contributed by atoms with van der Waals surface area (Å²) in [7, 11) is 0. The van der Waals surface area contributed by atoms with Crippen LogP contribution in [-0.2, 0) is 6.54 Å². The molecule has 1 aromatic heterocycles. The standard InChI is InChI=1S/C15H19F2N3/c1-9(2)8-20-10(3)19-13(15(20)18)11-5-4-6-12(7-11)14(16)17/h4-7,9,14H,8,18H2,1-3H3. The first-order valence-electron chi connectivity index (χ1n) is 6.61. The highest BCUT2D eigenvalue weighted by atomic mass is 19.3. The lowest BCUT2D eigenvalue weighted by molar-refractivity contribution is 0.151. The number of nitrogen functional groups attached to an aromatic ring is 1. The second kappa shape index (κ2) is 5.61. The van der Waals surface area contributed by atoms with E-state index in [1.165, 1.54) is 12.1 Å². The zero-order valence-corrected chi connectivity index (χ0v) is 11.9. The number of aromatic nitrogens is 2. The van der Waals surface area contributed by atoms with Gasteiger partial charge in [-0.25, -0.2) is 13.8 Å². The normalized spacial score (nSPS) is 11.6. The molecule has 0 spiro atoms. The number of anilines is 1. The summed E-state index contributed by atoms with van der Waals surface area (Å²) in [5, 5.41) is 0. The van der Waals surface area contributed by atoms with E-state index in [0.717, 1.165) is 12.4 Å². The van der Waals surface area contributed by atoms with E-state index in [2.05, 4.69) is 18.8 Å². The molecule has 0 saturated carbocycles. The lowest BCUT2D eigenvalue weighted by Gasteiger charge is -2.10. The molecular formula is C15H19F2N3. The zero-order valence-electron chi connectivity index (χ0n) is 11.9. The maximum Gasteiger partial charge on any atom is 0.263 e. The fourth-order valence-electron chi connectivity index (χ4n) is 2.21. The number of alkyl halides is 2. The van der Waals surface area contributed by atoms with E-state index in [1.807, 2.05) is 11.5 Å². The Labute approximate surface area is 117 Å². The Hall–Kier alpha value is -1.91. The maximum absolute atomic E-state index is 12.8. The van der Waals surface area contributed by atoms with Gasteiger partial charge in [-0.15, -0.1) is 0 Å². The minimum absolute atomic E-state index is 0.0158. The largest absolute Gasteiger partial charge is 0.383 e. The third kappa shape index (κ3) is 2.81. The van der Waals surface area contributed by atoms with Gasteiger partial charge in [0.2, 0.25) is 0 Å². The SMILES string of the molecule is Cc1nc(-c2cccc(C(F)F)c2)c(N)n1CC(C)C.